The molecule has 1 aromatic carbocycles. The molecule has 1 heterocycles. The molecule has 0 fully saturated rings. The Balaban J connectivity index is 2.15. The molecule has 0 radical (unpaired) electrons. The number of thiophene rings is 1. The minimum atomic E-state index is 0.106. The Labute approximate surface area is 128 Å². The topological polar surface area (TPSA) is 38.5 Å². The van der Waals surface area contributed by atoms with Gasteiger partial charge in [-0.1, -0.05) is 11.6 Å². The summed E-state index contributed by atoms with van der Waals surface area (Å²) in [4.78, 5) is 3.37. The largest absolute Gasteiger partial charge is 0.489 e. The van der Waals surface area contributed by atoms with Crippen LogP contribution in [0.2, 0.25) is 4.34 Å². The number of ether oxygens (including phenoxy) is 1. The van der Waals surface area contributed by atoms with Crippen LogP contribution in [0, 0.1) is 0 Å². The smallest absolute Gasteiger partial charge is 0.144 e. The van der Waals surface area contributed by atoms with E-state index in [1.54, 1.807) is 11.3 Å². The summed E-state index contributed by atoms with van der Waals surface area (Å²) in [6.45, 7) is 4.79. The molecule has 2 aromatic rings. The highest BCUT2D eigenvalue weighted by atomic mass is 35.5. The van der Waals surface area contributed by atoms with Gasteiger partial charge in [0, 0.05) is 23.7 Å². The standard InChI is InChI=1S/C15H19ClN2OS/c1-10(2)19-14-8-11(4-6-13(14)17)18(3)9-12-5-7-15(16)20-12/h4-8,10H,9,17H2,1-3H3. The van der Waals surface area contributed by atoms with Crippen molar-refractivity contribution >= 4 is 34.3 Å². The van der Waals surface area contributed by atoms with Crippen molar-refractivity contribution in [3.05, 3.63) is 39.5 Å². The number of halogens is 1. The fourth-order valence-corrected chi connectivity index (χ4v) is 3.02. The molecule has 2 rings (SSSR count). The Hall–Kier alpha value is -1.39. The summed E-state index contributed by atoms with van der Waals surface area (Å²) < 4.78 is 6.53. The van der Waals surface area contributed by atoms with Crippen LogP contribution >= 0.6 is 22.9 Å². The van der Waals surface area contributed by atoms with Crippen molar-refractivity contribution in [3.8, 4) is 5.75 Å². The van der Waals surface area contributed by atoms with E-state index >= 15 is 0 Å². The molecule has 0 aliphatic rings. The molecule has 0 spiro atoms. The fraction of sp³-hybridized carbons (Fsp3) is 0.333. The van der Waals surface area contributed by atoms with Crippen molar-refractivity contribution in [2.45, 2.75) is 26.5 Å². The molecule has 0 amide bonds. The first-order chi connectivity index (χ1) is 9.45. The molecule has 0 atom stereocenters. The summed E-state index contributed by atoms with van der Waals surface area (Å²) in [6, 6.07) is 9.82. The summed E-state index contributed by atoms with van der Waals surface area (Å²) >= 11 is 7.55. The minimum absolute atomic E-state index is 0.106. The number of nitrogen functional groups attached to an aromatic ring is 1. The van der Waals surface area contributed by atoms with Gasteiger partial charge in [0.25, 0.3) is 0 Å². The van der Waals surface area contributed by atoms with E-state index in [9.17, 15) is 0 Å². The molecule has 0 aliphatic carbocycles. The van der Waals surface area contributed by atoms with E-state index in [0.717, 1.165) is 22.3 Å². The number of hydrogen-bond donors (Lipinski definition) is 1. The lowest BCUT2D eigenvalue weighted by atomic mass is 10.2. The van der Waals surface area contributed by atoms with E-state index in [1.165, 1.54) is 4.88 Å². The van der Waals surface area contributed by atoms with Gasteiger partial charge in [-0.3, -0.25) is 0 Å². The van der Waals surface area contributed by atoms with Gasteiger partial charge < -0.3 is 15.4 Å². The highest BCUT2D eigenvalue weighted by Gasteiger charge is 2.09. The zero-order chi connectivity index (χ0) is 14.7. The lowest BCUT2D eigenvalue weighted by molar-refractivity contribution is 0.244. The van der Waals surface area contributed by atoms with Gasteiger partial charge in [-0.25, -0.2) is 0 Å². The first kappa shape index (κ1) is 15.0. The molecule has 0 saturated heterocycles. The van der Waals surface area contributed by atoms with Crippen molar-refractivity contribution in [2.24, 2.45) is 0 Å². The Morgan fingerprint density at radius 2 is 2.05 bits per heavy atom. The molecule has 0 saturated carbocycles. The quantitative estimate of drug-likeness (QED) is 0.831. The van der Waals surface area contributed by atoms with Crippen LogP contribution < -0.4 is 15.4 Å². The normalized spacial score (nSPS) is 10.8. The Morgan fingerprint density at radius 1 is 1.30 bits per heavy atom. The monoisotopic (exact) mass is 310 g/mol. The van der Waals surface area contributed by atoms with Gasteiger partial charge in [0.2, 0.25) is 0 Å². The molecule has 0 unspecified atom stereocenters. The zero-order valence-corrected chi connectivity index (χ0v) is 13.5. The van der Waals surface area contributed by atoms with E-state index in [-0.39, 0.29) is 6.10 Å². The maximum atomic E-state index is 5.96. The Kier molecular flexibility index (Phi) is 4.78. The van der Waals surface area contributed by atoms with Crippen molar-refractivity contribution in [1.82, 2.24) is 0 Å². The van der Waals surface area contributed by atoms with Gasteiger partial charge in [0.1, 0.15) is 5.75 Å². The van der Waals surface area contributed by atoms with Crippen LogP contribution in [0.1, 0.15) is 18.7 Å². The molecule has 2 N–H and O–H groups in total. The summed E-state index contributed by atoms with van der Waals surface area (Å²) in [5, 5.41) is 0. The lowest BCUT2D eigenvalue weighted by Crippen LogP contribution is -2.16. The first-order valence-corrected chi connectivity index (χ1v) is 7.66. The molecular formula is C15H19ClN2OS. The zero-order valence-electron chi connectivity index (χ0n) is 11.9. The van der Waals surface area contributed by atoms with Crippen LogP contribution in [0.3, 0.4) is 0 Å². The molecule has 0 bridgehead atoms. The van der Waals surface area contributed by atoms with Crippen molar-refractivity contribution in [2.75, 3.05) is 17.7 Å². The van der Waals surface area contributed by atoms with Gasteiger partial charge >= 0.3 is 0 Å². The third kappa shape index (κ3) is 3.81. The number of anilines is 2. The molecule has 3 nitrogen and oxygen atoms in total. The molecule has 5 heteroatoms. The SMILES string of the molecule is CC(C)Oc1cc(N(C)Cc2ccc(Cl)s2)ccc1N. The van der Waals surface area contributed by atoms with Gasteiger partial charge in [-0.15, -0.1) is 11.3 Å². The third-order valence-corrected chi connectivity index (χ3v) is 4.04. The average Bonchev–Trinajstić information content (AvgIpc) is 2.77. The van der Waals surface area contributed by atoms with Gasteiger partial charge in [-0.2, -0.15) is 0 Å². The van der Waals surface area contributed by atoms with Crippen LogP contribution in [0.15, 0.2) is 30.3 Å². The molecule has 0 aliphatic heterocycles. The van der Waals surface area contributed by atoms with Gasteiger partial charge in [0.05, 0.1) is 22.7 Å². The molecule has 20 heavy (non-hydrogen) atoms. The van der Waals surface area contributed by atoms with Crippen LogP contribution in [0.5, 0.6) is 5.75 Å². The molecular weight excluding hydrogens is 292 g/mol. The lowest BCUT2D eigenvalue weighted by Gasteiger charge is -2.21. The number of nitrogens with zero attached hydrogens (tertiary/aromatic N) is 1. The van der Waals surface area contributed by atoms with Crippen LogP contribution in [0.25, 0.3) is 0 Å². The van der Waals surface area contributed by atoms with Gasteiger partial charge in [0.15, 0.2) is 0 Å². The Bertz CT molecular complexity index is 583. The first-order valence-electron chi connectivity index (χ1n) is 6.47. The van der Waals surface area contributed by atoms with E-state index in [0.29, 0.717) is 5.69 Å². The van der Waals surface area contributed by atoms with E-state index in [4.69, 9.17) is 22.1 Å². The summed E-state index contributed by atoms with van der Waals surface area (Å²) in [6.07, 6.45) is 0.106. The predicted molar refractivity (Wildman–Crippen MR) is 88.1 cm³/mol. The molecule has 1 aromatic heterocycles. The number of nitrogens with two attached hydrogens (primary N) is 1. The Morgan fingerprint density at radius 3 is 2.65 bits per heavy atom. The number of hydrogen-bond acceptors (Lipinski definition) is 4. The van der Waals surface area contributed by atoms with Crippen LogP contribution in [-0.4, -0.2) is 13.2 Å². The maximum absolute atomic E-state index is 5.96. The highest BCUT2D eigenvalue weighted by Crippen LogP contribution is 2.30. The summed E-state index contributed by atoms with van der Waals surface area (Å²) in [5.41, 5.74) is 7.67. The fourth-order valence-electron chi connectivity index (χ4n) is 1.88. The molecule has 108 valence electrons. The second-order valence-corrected chi connectivity index (χ2v) is 6.75. The number of benzene rings is 1. The second kappa shape index (κ2) is 6.37. The minimum Gasteiger partial charge on any atom is -0.489 e. The van der Waals surface area contributed by atoms with Crippen molar-refractivity contribution < 1.29 is 4.74 Å². The maximum Gasteiger partial charge on any atom is 0.144 e. The van der Waals surface area contributed by atoms with Gasteiger partial charge in [-0.05, 0) is 38.1 Å². The highest BCUT2D eigenvalue weighted by molar-refractivity contribution is 7.16. The van der Waals surface area contributed by atoms with E-state index in [1.807, 2.05) is 51.2 Å². The summed E-state index contributed by atoms with van der Waals surface area (Å²) in [5.74, 6) is 0.730. The third-order valence-electron chi connectivity index (χ3n) is 2.82. The number of rotatable bonds is 5. The summed E-state index contributed by atoms with van der Waals surface area (Å²) in [7, 11) is 2.04. The van der Waals surface area contributed by atoms with E-state index in [2.05, 4.69) is 4.90 Å². The van der Waals surface area contributed by atoms with E-state index < -0.39 is 0 Å². The average molecular weight is 311 g/mol. The van der Waals surface area contributed by atoms with Crippen LogP contribution in [0.4, 0.5) is 11.4 Å². The predicted octanol–water partition coefficient (Wildman–Crippen LogP) is 4.41. The second-order valence-electron chi connectivity index (χ2n) is 4.95. The van der Waals surface area contributed by atoms with Crippen molar-refractivity contribution in [1.29, 1.82) is 0 Å². The van der Waals surface area contributed by atoms with Crippen molar-refractivity contribution in [3.63, 3.8) is 0 Å². The van der Waals surface area contributed by atoms with Crippen LogP contribution in [-0.2, 0) is 6.54 Å².